The van der Waals surface area contributed by atoms with E-state index in [1.807, 2.05) is 13.8 Å². The van der Waals surface area contributed by atoms with Crippen molar-refractivity contribution in [1.29, 1.82) is 0 Å². The molecule has 0 aromatic heterocycles. The fraction of sp³-hybridized carbons (Fsp3) is 0.714. The minimum Gasteiger partial charge on any atom is -0.392 e. The Labute approximate surface area is 98.1 Å². The molecule has 2 atom stereocenters. The number of allylic oxidation sites excluding steroid dienone is 3. The summed E-state index contributed by atoms with van der Waals surface area (Å²) in [4.78, 5) is 0. The third kappa shape index (κ3) is 2.72. The van der Waals surface area contributed by atoms with E-state index >= 15 is 0 Å². The summed E-state index contributed by atoms with van der Waals surface area (Å²) >= 11 is 0. The third-order valence-electron chi connectivity index (χ3n) is 3.59. The first-order chi connectivity index (χ1) is 8.13. The molecule has 0 spiro atoms. The Morgan fingerprint density at radius 1 is 1.73 bits per heavy atom. The topological polar surface area (TPSA) is 20.2 Å². The molecule has 0 bridgehead atoms. The molecule has 0 aromatic rings. The maximum absolute atomic E-state index is 9.32. The Morgan fingerprint density at radius 2 is 2.40 bits per heavy atom. The van der Waals surface area contributed by atoms with Crippen LogP contribution in [0.15, 0.2) is 23.3 Å². The van der Waals surface area contributed by atoms with Gasteiger partial charge >= 0.3 is 0 Å². The Balaban J connectivity index is 3.02. The fourth-order valence-electron chi connectivity index (χ4n) is 1.84. The highest BCUT2D eigenvalue weighted by Gasteiger charge is 2.33. The molecular weight excluding hydrogens is 184 g/mol. The first-order valence-corrected chi connectivity index (χ1v) is 5.62. The lowest BCUT2D eigenvalue weighted by Crippen LogP contribution is -2.19. The van der Waals surface area contributed by atoms with Gasteiger partial charge in [0.15, 0.2) is 0 Å². The average Bonchev–Trinajstić information content (AvgIpc) is 2.50. The van der Waals surface area contributed by atoms with Crippen LogP contribution in [0.4, 0.5) is 0 Å². The summed E-state index contributed by atoms with van der Waals surface area (Å²) < 4.78 is 23.8. The number of aliphatic hydroxyl groups is 1. The number of rotatable bonds is 4. The highest BCUT2D eigenvalue weighted by molar-refractivity contribution is 5.19. The standard InChI is InChI=1S/C14H24O/c1-5-12(10-15)7-9-13-8-6-11(2)14(13,3)4/h6-7,13,15H,5,8-10H2,1-4H3/b12-7+/t13-/m1/s1/i9D2,10D/t10?,13-. The molecule has 15 heavy (non-hydrogen) atoms. The van der Waals surface area contributed by atoms with Gasteiger partial charge in [0.2, 0.25) is 0 Å². The maximum Gasteiger partial charge on any atom is 0.0641 e. The first kappa shape index (κ1) is 8.58. The van der Waals surface area contributed by atoms with Crippen LogP contribution in [0.1, 0.15) is 51.0 Å². The summed E-state index contributed by atoms with van der Waals surface area (Å²) in [5.74, 6) is -0.134. The monoisotopic (exact) mass is 211 g/mol. The fourth-order valence-corrected chi connectivity index (χ4v) is 1.84. The van der Waals surface area contributed by atoms with Gasteiger partial charge in [0.25, 0.3) is 0 Å². The van der Waals surface area contributed by atoms with Gasteiger partial charge < -0.3 is 5.11 Å². The molecule has 1 rings (SSSR count). The lowest BCUT2D eigenvalue weighted by atomic mass is 9.76. The molecule has 0 heterocycles. The van der Waals surface area contributed by atoms with Gasteiger partial charge in [0, 0.05) is 2.74 Å². The Morgan fingerprint density at radius 3 is 2.80 bits per heavy atom. The molecule has 86 valence electrons. The third-order valence-corrected chi connectivity index (χ3v) is 3.59. The van der Waals surface area contributed by atoms with Crippen molar-refractivity contribution in [3.05, 3.63) is 23.3 Å². The number of aliphatic hydroxyl groups excluding tert-OH is 1. The van der Waals surface area contributed by atoms with Crippen molar-refractivity contribution in [2.45, 2.75) is 46.9 Å². The van der Waals surface area contributed by atoms with Crippen LogP contribution < -0.4 is 0 Å². The smallest absolute Gasteiger partial charge is 0.0641 e. The maximum atomic E-state index is 9.32. The highest BCUT2D eigenvalue weighted by Crippen LogP contribution is 2.44. The van der Waals surface area contributed by atoms with Crippen molar-refractivity contribution < 1.29 is 9.22 Å². The summed E-state index contributed by atoms with van der Waals surface area (Å²) in [5, 5.41) is 9.32. The van der Waals surface area contributed by atoms with Gasteiger partial charge in [-0.05, 0) is 43.0 Å². The zero-order valence-electron chi connectivity index (χ0n) is 13.2. The molecule has 0 saturated carbocycles. The SMILES string of the molecule is [2H]C(O)/C(=C/C([2H])([2H])[C@H]1CC=C(C)C1(C)C)CC. The molecule has 0 radical (unpaired) electrons. The Kier molecular flexibility index (Phi) is 2.85. The molecular formula is C14H24O. The summed E-state index contributed by atoms with van der Waals surface area (Å²) in [5.41, 5.74) is 1.50. The van der Waals surface area contributed by atoms with Crippen molar-refractivity contribution >= 4 is 0 Å². The largest absolute Gasteiger partial charge is 0.392 e. The molecule has 0 amide bonds. The van der Waals surface area contributed by atoms with E-state index in [0.29, 0.717) is 18.4 Å². The summed E-state index contributed by atoms with van der Waals surface area (Å²) in [6, 6.07) is 0. The van der Waals surface area contributed by atoms with Crippen molar-refractivity contribution in [3.8, 4) is 0 Å². The van der Waals surface area contributed by atoms with Crippen LogP contribution in [-0.4, -0.2) is 11.7 Å². The van der Waals surface area contributed by atoms with E-state index in [4.69, 9.17) is 4.11 Å². The Bertz CT molecular complexity index is 367. The van der Waals surface area contributed by atoms with Gasteiger partial charge in [-0.15, -0.1) is 0 Å². The minimum atomic E-state index is -1.49. The quantitative estimate of drug-likeness (QED) is 0.703. The second-order valence-electron chi connectivity index (χ2n) is 4.77. The second kappa shape index (κ2) is 4.98. The van der Waals surface area contributed by atoms with Gasteiger partial charge in [-0.25, -0.2) is 0 Å². The van der Waals surface area contributed by atoms with Crippen LogP contribution >= 0.6 is 0 Å². The van der Waals surface area contributed by atoms with Gasteiger partial charge in [0.1, 0.15) is 0 Å². The molecule has 1 nitrogen and oxygen atoms in total. The minimum absolute atomic E-state index is 0.134. The van der Waals surface area contributed by atoms with Crippen LogP contribution in [0, 0.1) is 11.3 Å². The predicted octanol–water partition coefficient (Wildman–Crippen LogP) is 3.70. The van der Waals surface area contributed by atoms with E-state index in [1.54, 1.807) is 0 Å². The molecule has 0 aliphatic heterocycles. The lowest BCUT2D eigenvalue weighted by molar-refractivity contribution is 0.291. The van der Waals surface area contributed by atoms with E-state index in [0.717, 1.165) is 0 Å². The van der Waals surface area contributed by atoms with Crippen LogP contribution in [-0.2, 0) is 0 Å². The molecule has 1 unspecified atom stereocenters. The molecule has 0 aromatic carbocycles. The predicted molar refractivity (Wildman–Crippen MR) is 65.7 cm³/mol. The molecule has 0 saturated heterocycles. The Hall–Kier alpha value is -0.560. The zero-order valence-corrected chi connectivity index (χ0v) is 10.2. The average molecular weight is 211 g/mol. The van der Waals surface area contributed by atoms with Crippen molar-refractivity contribution in [1.82, 2.24) is 0 Å². The second-order valence-corrected chi connectivity index (χ2v) is 4.77. The van der Waals surface area contributed by atoms with E-state index < -0.39 is 13.0 Å². The van der Waals surface area contributed by atoms with Crippen LogP contribution in [0.25, 0.3) is 0 Å². The molecule has 1 aliphatic carbocycles. The molecule has 1 aliphatic rings. The van der Waals surface area contributed by atoms with E-state index in [2.05, 4.69) is 19.9 Å². The summed E-state index contributed by atoms with van der Waals surface area (Å²) in [7, 11) is 0. The highest BCUT2D eigenvalue weighted by atomic mass is 16.3. The van der Waals surface area contributed by atoms with E-state index in [9.17, 15) is 5.11 Å². The van der Waals surface area contributed by atoms with Crippen molar-refractivity contribution in [2.75, 3.05) is 6.58 Å². The molecule has 0 fully saturated rings. The number of hydrogen-bond acceptors (Lipinski definition) is 1. The van der Waals surface area contributed by atoms with E-state index in [1.165, 1.54) is 11.6 Å². The van der Waals surface area contributed by atoms with Gasteiger partial charge in [-0.2, -0.15) is 0 Å². The normalized spacial score (nSPS) is 31.5. The molecule has 1 N–H and O–H groups in total. The zero-order chi connectivity index (χ0) is 14.1. The summed E-state index contributed by atoms with van der Waals surface area (Å²) in [6.45, 7) is 6.68. The summed E-state index contributed by atoms with van der Waals surface area (Å²) in [6.07, 6.45) is 3.28. The van der Waals surface area contributed by atoms with Gasteiger partial charge in [0.05, 0.1) is 7.95 Å². The molecule has 1 heteroatoms. The first-order valence-electron chi connectivity index (χ1n) is 7.19. The van der Waals surface area contributed by atoms with Crippen molar-refractivity contribution in [2.24, 2.45) is 11.3 Å². The lowest BCUT2D eigenvalue weighted by Gasteiger charge is -2.29. The number of hydrogen-bond donors (Lipinski definition) is 1. The van der Waals surface area contributed by atoms with Crippen LogP contribution in [0.3, 0.4) is 0 Å². The van der Waals surface area contributed by atoms with Crippen molar-refractivity contribution in [3.63, 3.8) is 0 Å². The van der Waals surface area contributed by atoms with Crippen LogP contribution in [0.2, 0.25) is 0 Å². The van der Waals surface area contributed by atoms with Gasteiger partial charge in [-0.1, -0.05) is 38.5 Å². The van der Waals surface area contributed by atoms with Crippen LogP contribution in [0.5, 0.6) is 0 Å². The van der Waals surface area contributed by atoms with E-state index in [-0.39, 0.29) is 11.3 Å². The van der Waals surface area contributed by atoms with Gasteiger partial charge in [-0.3, -0.25) is 0 Å².